The molecule has 0 bridgehead atoms. The molecule has 0 aromatic carbocycles. The van der Waals surface area contributed by atoms with E-state index in [1.165, 1.54) is 13.8 Å². The summed E-state index contributed by atoms with van der Waals surface area (Å²) in [4.78, 5) is 3.31. The van der Waals surface area contributed by atoms with Crippen molar-refractivity contribution in [1.82, 2.24) is 4.98 Å². The fourth-order valence-electron chi connectivity index (χ4n) is 1.21. The molecule has 0 N–H and O–H groups in total. The maximum atomic E-state index is 12.4. The maximum Gasteiger partial charge on any atom is 0.433 e. The number of nitrogens with zero attached hydrogens (tertiary/aromatic N) is 1. The van der Waals surface area contributed by atoms with Crippen molar-refractivity contribution in [2.45, 2.75) is 26.7 Å². The SMILES string of the molecule is Cc1cc(C(F)(F)F)nc(C)c1CF. The lowest BCUT2D eigenvalue weighted by molar-refractivity contribution is -0.141. The van der Waals surface area contributed by atoms with E-state index in [2.05, 4.69) is 4.98 Å². The molecule has 0 saturated heterocycles. The van der Waals surface area contributed by atoms with E-state index in [0.717, 1.165) is 6.07 Å². The standard InChI is InChI=1S/C9H9F4N/c1-5-3-8(9(11,12)13)14-6(2)7(5)4-10/h3H,4H2,1-2H3. The minimum absolute atomic E-state index is 0.0971. The van der Waals surface area contributed by atoms with Crippen LogP contribution in [0.5, 0.6) is 0 Å². The first-order valence-corrected chi connectivity index (χ1v) is 3.96. The summed E-state index contributed by atoms with van der Waals surface area (Å²) < 4.78 is 49.0. The topological polar surface area (TPSA) is 12.9 Å². The van der Waals surface area contributed by atoms with Crippen LogP contribution in [-0.2, 0) is 12.9 Å². The first-order valence-electron chi connectivity index (χ1n) is 3.96. The van der Waals surface area contributed by atoms with Crippen molar-refractivity contribution in [2.24, 2.45) is 0 Å². The van der Waals surface area contributed by atoms with Gasteiger partial charge in [0.1, 0.15) is 12.4 Å². The molecule has 5 heteroatoms. The Morgan fingerprint density at radius 3 is 2.21 bits per heavy atom. The van der Waals surface area contributed by atoms with E-state index < -0.39 is 18.5 Å². The van der Waals surface area contributed by atoms with Gasteiger partial charge in [0.2, 0.25) is 0 Å². The van der Waals surface area contributed by atoms with Gasteiger partial charge in [-0.15, -0.1) is 0 Å². The van der Waals surface area contributed by atoms with Crippen LogP contribution in [0.2, 0.25) is 0 Å². The zero-order valence-corrected chi connectivity index (χ0v) is 7.74. The Kier molecular flexibility index (Phi) is 2.78. The number of pyridine rings is 1. The summed E-state index contributed by atoms with van der Waals surface area (Å²) in [6, 6.07) is 0.863. The zero-order chi connectivity index (χ0) is 10.9. The lowest BCUT2D eigenvalue weighted by Crippen LogP contribution is -2.10. The molecule has 0 radical (unpaired) electrons. The van der Waals surface area contributed by atoms with Gasteiger partial charge >= 0.3 is 6.18 Å². The van der Waals surface area contributed by atoms with E-state index >= 15 is 0 Å². The van der Waals surface area contributed by atoms with Gasteiger partial charge < -0.3 is 0 Å². The molecule has 78 valence electrons. The fourth-order valence-corrected chi connectivity index (χ4v) is 1.21. The van der Waals surface area contributed by atoms with Gasteiger partial charge in [-0.05, 0) is 25.5 Å². The van der Waals surface area contributed by atoms with Crippen molar-refractivity contribution in [3.8, 4) is 0 Å². The molecule has 0 aliphatic rings. The molecule has 0 aliphatic heterocycles. The van der Waals surface area contributed by atoms with Gasteiger partial charge in [-0.3, -0.25) is 0 Å². The van der Waals surface area contributed by atoms with Gasteiger partial charge in [-0.25, -0.2) is 9.37 Å². The lowest BCUT2D eigenvalue weighted by Gasteiger charge is -2.10. The van der Waals surface area contributed by atoms with Gasteiger partial charge in [-0.2, -0.15) is 13.2 Å². The molecule has 0 fully saturated rings. The van der Waals surface area contributed by atoms with Gasteiger partial charge in [0.05, 0.1) is 0 Å². The quantitative estimate of drug-likeness (QED) is 0.644. The van der Waals surface area contributed by atoms with Crippen molar-refractivity contribution in [1.29, 1.82) is 0 Å². The molecule has 1 heterocycles. The molecule has 1 aromatic heterocycles. The summed E-state index contributed by atoms with van der Waals surface area (Å²) in [5.74, 6) is 0. The Hall–Kier alpha value is -1.13. The van der Waals surface area contributed by atoms with Gasteiger partial charge in [-0.1, -0.05) is 0 Å². The van der Waals surface area contributed by atoms with Crippen LogP contribution in [0.25, 0.3) is 0 Å². The smallest absolute Gasteiger partial charge is 0.248 e. The van der Waals surface area contributed by atoms with Gasteiger partial charge in [0, 0.05) is 11.3 Å². The second-order valence-corrected chi connectivity index (χ2v) is 3.02. The highest BCUT2D eigenvalue weighted by Crippen LogP contribution is 2.29. The summed E-state index contributed by atoms with van der Waals surface area (Å²) in [5.41, 5.74) is -0.352. The van der Waals surface area contributed by atoms with Gasteiger partial charge in [0.25, 0.3) is 0 Å². The van der Waals surface area contributed by atoms with E-state index in [0.29, 0.717) is 0 Å². The van der Waals surface area contributed by atoms with E-state index in [1.54, 1.807) is 0 Å². The minimum Gasteiger partial charge on any atom is -0.248 e. The molecule has 0 amide bonds. The Labute approximate surface area is 78.8 Å². The normalized spacial score (nSPS) is 11.9. The van der Waals surface area contributed by atoms with Crippen LogP contribution in [0.4, 0.5) is 17.6 Å². The summed E-state index contributed by atoms with van der Waals surface area (Å²) >= 11 is 0. The highest BCUT2D eigenvalue weighted by atomic mass is 19.4. The number of aryl methyl sites for hydroxylation is 2. The largest absolute Gasteiger partial charge is 0.433 e. The third-order valence-electron chi connectivity index (χ3n) is 1.98. The van der Waals surface area contributed by atoms with Crippen LogP contribution >= 0.6 is 0 Å². The van der Waals surface area contributed by atoms with Crippen molar-refractivity contribution >= 4 is 0 Å². The predicted molar refractivity (Wildman–Crippen MR) is 43.5 cm³/mol. The summed E-state index contributed by atoms with van der Waals surface area (Å²) in [6.07, 6.45) is -4.47. The predicted octanol–water partition coefficient (Wildman–Crippen LogP) is 3.19. The summed E-state index contributed by atoms with van der Waals surface area (Å²) in [6.45, 7) is 2.03. The highest BCUT2D eigenvalue weighted by Gasteiger charge is 2.33. The van der Waals surface area contributed by atoms with Crippen LogP contribution in [0.1, 0.15) is 22.5 Å². The number of aromatic nitrogens is 1. The summed E-state index contributed by atoms with van der Waals surface area (Å²) in [5, 5.41) is 0. The zero-order valence-electron chi connectivity index (χ0n) is 7.74. The molecule has 0 unspecified atom stereocenters. The Bertz CT molecular complexity index is 320. The molecule has 0 atom stereocenters. The average Bonchev–Trinajstić information content (AvgIpc) is 2.01. The molecule has 0 aliphatic carbocycles. The van der Waals surface area contributed by atoms with Crippen molar-refractivity contribution in [3.05, 3.63) is 28.6 Å². The van der Waals surface area contributed by atoms with Crippen molar-refractivity contribution in [2.75, 3.05) is 0 Å². The van der Waals surface area contributed by atoms with Crippen LogP contribution in [0.3, 0.4) is 0 Å². The molecule has 1 aromatic rings. The Morgan fingerprint density at radius 2 is 1.86 bits per heavy atom. The van der Waals surface area contributed by atoms with Crippen molar-refractivity contribution in [3.63, 3.8) is 0 Å². The Morgan fingerprint density at radius 1 is 1.29 bits per heavy atom. The highest BCUT2D eigenvalue weighted by molar-refractivity contribution is 5.31. The first kappa shape index (κ1) is 10.9. The third-order valence-corrected chi connectivity index (χ3v) is 1.98. The van der Waals surface area contributed by atoms with Crippen LogP contribution in [-0.4, -0.2) is 4.98 Å². The average molecular weight is 207 g/mol. The molecule has 1 nitrogen and oxygen atoms in total. The van der Waals surface area contributed by atoms with Gasteiger partial charge in [0.15, 0.2) is 0 Å². The molecule has 0 saturated carbocycles. The number of alkyl halides is 4. The fraction of sp³-hybridized carbons (Fsp3) is 0.444. The molecular formula is C9H9F4N. The number of halogens is 4. The van der Waals surface area contributed by atoms with Crippen LogP contribution < -0.4 is 0 Å². The number of hydrogen-bond donors (Lipinski definition) is 0. The first-order chi connectivity index (χ1) is 6.36. The monoisotopic (exact) mass is 207 g/mol. The van der Waals surface area contributed by atoms with E-state index in [1.807, 2.05) is 0 Å². The van der Waals surface area contributed by atoms with Crippen LogP contribution in [0, 0.1) is 13.8 Å². The molecule has 14 heavy (non-hydrogen) atoms. The second-order valence-electron chi connectivity index (χ2n) is 3.02. The summed E-state index contributed by atoms with van der Waals surface area (Å²) in [7, 11) is 0. The van der Waals surface area contributed by atoms with E-state index in [4.69, 9.17) is 0 Å². The minimum atomic E-state index is -4.47. The molecule has 0 spiro atoms. The Balaban J connectivity index is 3.28. The molecule has 1 rings (SSSR count). The van der Waals surface area contributed by atoms with Crippen molar-refractivity contribution < 1.29 is 17.6 Å². The number of hydrogen-bond acceptors (Lipinski definition) is 1. The number of rotatable bonds is 1. The van der Waals surface area contributed by atoms with E-state index in [-0.39, 0.29) is 16.8 Å². The lowest BCUT2D eigenvalue weighted by atomic mass is 10.1. The van der Waals surface area contributed by atoms with E-state index in [9.17, 15) is 17.6 Å². The third kappa shape index (κ3) is 2.02. The molecular weight excluding hydrogens is 198 g/mol. The maximum absolute atomic E-state index is 12.4. The van der Waals surface area contributed by atoms with Crippen LogP contribution in [0.15, 0.2) is 6.07 Å². The second kappa shape index (κ2) is 3.55.